The molecule has 0 aromatic heterocycles. The number of nitrogens with one attached hydrogen (secondary N) is 1. The van der Waals surface area contributed by atoms with E-state index in [4.69, 9.17) is 11.6 Å². The summed E-state index contributed by atoms with van der Waals surface area (Å²) < 4.78 is 1.22. The molecule has 1 N–H and O–H groups in total. The third-order valence-corrected chi connectivity index (χ3v) is 5.08. The molecular formula is C15H21ClIN. The molecule has 0 radical (unpaired) electrons. The van der Waals surface area contributed by atoms with Crippen molar-refractivity contribution < 1.29 is 0 Å². The van der Waals surface area contributed by atoms with Gasteiger partial charge in [0.1, 0.15) is 0 Å². The van der Waals surface area contributed by atoms with E-state index in [1.807, 2.05) is 12.1 Å². The molecule has 2 rings (SSSR count). The van der Waals surface area contributed by atoms with Crippen LogP contribution in [-0.4, -0.2) is 6.04 Å². The van der Waals surface area contributed by atoms with Crippen molar-refractivity contribution in [3.8, 4) is 0 Å². The van der Waals surface area contributed by atoms with E-state index in [0.717, 1.165) is 16.9 Å². The Morgan fingerprint density at radius 3 is 2.67 bits per heavy atom. The Morgan fingerprint density at radius 1 is 1.28 bits per heavy atom. The van der Waals surface area contributed by atoms with Crippen LogP contribution in [0.1, 0.15) is 39.5 Å². The quantitative estimate of drug-likeness (QED) is 0.679. The van der Waals surface area contributed by atoms with E-state index in [9.17, 15) is 0 Å². The maximum atomic E-state index is 6.01. The van der Waals surface area contributed by atoms with Crippen molar-refractivity contribution in [1.29, 1.82) is 0 Å². The monoisotopic (exact) mass is 377 g/mol. The van der Waals surface area contributed by atoms with E-state index in [-0.39, 0.29) is 0 Å². The summed E-state index contributed by atoms with van der Waals surface area (Å²) in [6.45, 7) is 4.69. The van der Waals surface area contributed by atoms with Crippen LogP contribution in [0.15, 0.2) is 18.2 Å². The Morgan fingerprint density at radius 2 is 2.00 bits per heavy atom. The summed E-state index contributed by atoms with van der Waals surface area (Å²) in [5.41, 5.74) is 1.23. The molecular weight excluding hydrogens is 357 g/mol. The first-order valence-corrected chi connectivity index (χ1v) is 8.25. The van der Waals surface area contributed by atoms with Gasteiger partial charge >= 0.3 is 0 Å². The zero-order chi connectivity index (χ0) is 13.1. The summed E-state index contributed by atoms with van der Waals surface area (Å²) in [6.07, 6.45) is 5.39. The standard InChI is InChI=1S/C15H21ClIN/c1-10(2)12-5-3-4-6-14(12)18-15-8-7-11(16)9-13(15)17/h7-10,12,14,18H,3-6H2,1-2H3. The second kappa shape index (κ2) is 6.47. The lowest BCUT2D eigenvalue weighted by molar-refractivity contribution is 0.254. The van der Waals surface area contributed by atoms with Gasteiger partial charge < -0.3 is 5.32 Å². The number of halogens is 2. The molecule has 0 amide bonds. The highest BCUT2D eigenvalue weighted by atomic mass is 127. The van der Waals surface area contributed by atoms with E-state index in [2.05, 4.69) is 47.8 Å². The lowest BCUT2D eigenvalue weighted by atomic mass is 9.78. The van der Waals surface area contributed by atoms with Gasteiger partial charge in [-0.3, -0.25) is 0 Å². The maximum absolute atomic E-state index is 6.01. The molecule has 2 unspecified atom stereocenters. The third-order valence-electron chi connectivity index (χ3n) is 3.95. The summed E-state index contributed by atoms with van der Waals surface area (Å²) in [7, 11) is 0. The average molecular weight is 378 g/mol. The molecule has 1 saturated carbocycles. The van der Waals surface area contributed by atoms with Gasteiger partial charge in [-0.25, -0.2) is 0 Å². The van der Waals surface area contributed by atoms with Crippen LogP contribution in [-0.2, 0) is 0 Å². The molecule has 0 saturated heterocycles. The van der Waals surface area contributed by atoms with Gasteiger partial charge in [0.05, 0.1) is 0 Å². The first kappa shape index (κ1) is 14.4. The van der Waals surface area contributed by atoms with Crippen LogP contribution >= 0.6 is 34.2 Å². The number of rotatable bonds is 3. The molecule has 0 spiro atoms. The molecule has 100 valence electrons. The molecule has 2 atom stereocenters. The Kier molecular flexibility index (Phi) is 5.19. The topological polar surface area (TPSA) is 12.0 Å². The van der Waals surface area contributed by atoms with Crippen molar-refractivity contribution in [3.63, 3.8) is 0 Å². The van der Waals surface area contributed by atoms with E-state index < -0.39 is 0 Å². The highest BCUT2D eigenvalue weighted by Crippen LogP contribution is 2.33. The Hall–Kier alpha value is 0.0400. The molecule has 1 aliphatic rings. The second-order valence-corrected chi connectivity index (χ2v) is 7.17. The van der Waals surface area contributed by atoms with Crippen molar-refractivity contribution in [3.05, 3.63) is 26.8 Å². The van der Waals surface area contributed by atoms with Crippen LogP contribution in [0.4, 0.5) is 5.69 Å². The zero-order valence-corrected chi connectivity index (χ0v) is 14.0. The van der Waals surface area contributed by atoms with E-state index in [1.54, 1.807) is 0 Å². The van der Waals surface area contributed by atoms with Crippen molar-refractivity contribution in [2.24, 2.45) is 11.8 Å². The number of benzene rings is 1. The first-order chi connectivity index (χ1) is 8.58. The van der Waals surface area contributed by atoms with E-state index in [1.165, 1.54) is 34.9 Å². The van der Waals surface area contributed by atoms with Crippen molar-refractivity contribution in [1.82, 2.24) is 0 Å². The number of hydrogen-bond acceptors (Lipinski definition) is 1. The molecule has 1 fully saturated rings. The molecule has 3 heteroatoms. The summed E-state index contributed by atoms with van der Waals surface area (Å²) in [4.78, 5) is 0. The fourth-order valence-corrected chi connectivity index (χ4v) is 3.97. The number of anilines is 1. The molecule has 0 aliphatic heterocycles. The maximum Gasteiger partial charge on any atom is 0.0479 e. The van der Waals surface area contributed by atoms with Gasteiger partial charge in [0.25, 0.3) is 0 Å². The third kappa shape index (κ3) is 3.53. The second-order valence-electron chi connectivity index (χ2n) is 5.57. The van der Waals surface area contributed by atoms with Crippen LogP contribution < -0.4 is 5.32 Å². The molecule has 1 aromatic carbocycles. The van der Waals surface area contributed by atoms with Crippen LogP contribution in [0.2, 0.25) is 5.02 Å². The molecule has 1 aliphatic carbocycles. The predicted octanol–water partition coefficient (Wildman–Crippen LogP) is 5.57. The fourth-order valence-electron chi connectivity index (χ4n) is 2.94. The van der Waals surface area contributed by atoms with Gasteiger partial charge in [0.15, 0.2) is 0 Å². The molecule has 1 nitrogen and oxygen atoms in total. The largest absolute Gasteiger partial charge is 0.381 e. The SMILES string of the molecule is CC(C)C1CCCCC1Nc1ccc(Cl)cc1I. The normalized spacial score (nSPS) is 24.3. The Balaban J connectivity index is 2.11. The summed E-state index contributed by atoms with van der Waals surface area (Å²) in [5, 5.41) is 4.56. The highest BCUT2D eigenvalue weighted by Gasteiger charge is 2.27. The van der Waals surface area contributed by atoms with Crippen LogP contribution in [0.25, 0.3) is 0 Å². The molecule has 18 heavy (non-hydrogen) atoms. The van der Waals surface area contributed by atoms with Gasteiger partial charge in [0.2, 0.25) is 0 Å². The predicted molar refractivity (Wildman–Crippen MR) is 88.4 cm³/mol. The lowest BCUT2D eigenvalue weighted by Crippen LogP contribution is -2.35. The van der Waals surface area contributed by atoms with Crippen molar-refractivity contribution in [2.45, 2.75) is 45.6 Å². The minimum absolute atomic E-state index is 0.619. The smallest absolute Gasteiger partial charge is 0.0479 e. The lowest BCUT2D eigenvalue weighted by Gasteiger charge is -2.35. The van der Waals surface area contributed by atoms with Gasteiger partial charge in [-0.15, -0.1) is 0 Å². The van der Waals surface area contributed by atoms with Crippen LogP contribution in [0.5, 0.6) is 0 Å². The first-order valence-electron chi connectivity index (χ1n) is 6.79. The highest BCUT2D eigenvalue weighted by molar-refractivity contribution is 14.1. The minimum atomic E-state index is 0.619. The number of hydrogen-bond donors (Lipinski definition) is 1. The average Bonchev–Trinajstić information content (AvgIpc) is 2.33. The van der Waals surface area contributed by atoms with Gasteiger partial charge in [-0.2, -0.15) is 0 Å². The summed E-state index contributed by atoms with van der Waals surface area (Å²) in [6, 6.07) is 6.72. The van der Waals surface area contributed by atoms with Gasteiger partial charge in [0, 0.05) is 20.3 Å². The van der Waals surface area contributed by atoms with Crippen molar-refractivity contribution >= 4 is 39.9 Å². The Labute approximate surface area is 129 Å². The van der Waals surface area contributed by atoms with Gasteiger partial charge in [-0.1, -0.05) is 38.3 Å². The Bertz CT molecular complexity index is 405. The summed E-state index contributed by atoms with van der Waals surface area (Å²) >= 11 is 8.37. The van der Waals surface area contributed by atoms with Crippen LogP contribution in [0, 0.1) is 15.4 Å². The fraction of sp³-hybridized carbons (Fsp3) is 0.600. The van der Waals surface area contributed by atoms with Crippen molar-refractivity contribution in [2.75, 3.05) is 5.32 Å². The zero-order valence-electron chi connectivity index (χ0n) is 11.0. The molecule has 0 heterocycles. The molecule has 1 aromatic rings. The minimum Gasteiger partial charge on any atom is -0.381 e. The van der Waals surface area contributed by atoms with E-state index >= 15 is 0 Å². The van der Waals surface area contributed by atoms with E-state index in [0.29, 0.717) is 6.04 Å². The molecule has 0 bridgehead atoms. The van der Waals surface area contributed by atoms with Crippen LogP contribution in [0.3, 0.4) is 0 Å². The van der Waals surface area contributed by atoms with Gasteiger partial charge in [-0.05, 0) is 65.5 Å². The summed E-state index contributed by atoms with van der Waals surface area (Å²) in [5.74, 6) is 1.55.